The summed E-state index contributed by atoms with van der Waals surface area (Å²) in [5.74, 6) is 2.00. The standard InChI is InChI=1S/C28H36N6O2S.CH2O/c1-27(2)10-23(27)34-15-28(16-34)14-33(26-24-25(29-17-30-26)31-18-37-24)11-20(28)12-36-13-21-4-3-5-22(32-21)19-6-8-35-9-7-19;1-2/h3-5,17-20,23H,6-16H2,1-2H3;1H2. The predicted octanol–water partition coefficient (Wildman–Crippen LogP) is 3.94. The molecule has 1 aliphatic carbocycles. The minimum atomic E-state index is 0.248. The number of pyridine rings is 1. The second kappa shape index (κ2) is 10.8. The molecule has 0 aromatic carbocycles. The van der Waals surface area contributed by atoms with Gasteiger partial charge in [-0.3, -0.25) is 9.88 Å². The van der Waals surface area contributed by atoms with Gasteiger partial charge in [-0.25, -0.2) is 15.0 Å². The summed E-state index contributed by atoms with van der Waals surface area (Å²) in [6, 6.07) is 7.12. The number of aromatic nitrogens is 4. The average Bonchev–Trinajstić information content (AvgIpc) is 3.28. The number of rotatable bonds is 7. The van der Waals surface area contributed by atoms with E-state index in [-0.39, 0.29) is 5.41 Å². The molecule has 2 unspecified atom stereocenters. The molecule has 0 radical (unpaired) electrons. The van der Waals surface area contributed by atoms with Crippen LogP contribution in [-0.4, -0.2) is 83.7 Å². The van der Waals surface area contributed by atoms with Crippen molar-refractivity contribution in [2.24, 2.45) is 16.7 Å². The van der Waals surface area contributed by atoms with Gasteiger partial charge in [0.2, 0.25) is 0 Å². The lowest BCUT2D eigenvalue weighted by molar-refractivity contribution is -0.0980. The van der Waals surface area contributed by atoms with E-state index >= 15 is 0 Å². The third-order valence-corrected chi connectivity index (χ3v) is 10.0. The maximum Gasteiger partial charge on any atom is 0.175 e. The van der Waals surface area contributed by atoms with E-state index in [2.05, 4.69) is 51.8 Å². The molecule has 0 N–H and O–H groups in total. The number of fused-ring (bicyclic) bond motifs is 1. The van der Waals surface area contributed by atoms with E-state index in [1.54, 1.807) is 17.7 Å². The Hall–Kier alpha value is -2.53. The van der Waals surface area contributed by atoms with E-state index in [9.17, 15) is 0 Å². The van der Waals surface area contributed by atoms with Gasteiger partial charge in [0.15, 0.2) is 11.5 Å². The summed E-state index contributed by atoms with van der Waals surface area (Å²) in [5.41, 5.74) is 5.61. The molecule has 6 heterocycles. The van der Waals surface area contributed by atoms with Crippen LogP contribution in [0.15, 0.2) is 30.0 Å². The Bertz CT molecular complexity index is 1290. The topological polar surface area (TPSA) is 93.6 Å². The van der Waals surface area contributed by atoms with Gasteiger partial charge in [-0.1, -0.05) is 19.9 Å². The maximum absolute atomic E-state index is 8.00. The Balaban J connectivity index is 0.00000135. The number of ether oxygens (including phenoxy) is 2. The van der Waals surface area contributed by atoms with Crippen LogP contribution in [0.5, 0.6) is 0 Å². The quantitative estimate of drug-likeness (QED) is 0.434. The largest absolute Gasteiger partial charge is 0.381 e. The number of carbonyl (C=O) groups excluding carboxylic acids is 1. The molecule has 2 atom stereocenters. The molecular weight excluding hydrogens is 512 g/mol. The first kappa shape index (κ1) is 26.7. The highest BCUT2D eigenvalue weighted by atomic mass is 32.1. The predicted molar refractivity (Wildman–Crippen MR) is 151 cm³/mol. The SMILES string of the molecule is C=O.CC1(C)CC1N1CC2(CN(c3ncnc4ncsc34)CC2COCc2cccc(C3CCOCC3)n2)C1. The summed E-state index contributed by atoms with van der Waals surface area (Å²) in [6.07, 6.45) is 5.09. The fourth-order valence-electron chi connectivity index (χ4n) is 6.84. The first-order chi connectivity index (χ1) is 19.0. The third-order valence-electron chi connectivity index (χ3n) is 9.20. The molecule has 3 aromatic rings. The second-order valence-electron chi connectivity index (χ2n) is 12.2. The minimum Gasteiger partial charge on any atom is -0.381 e. The van der Waals surface area contributed by atoms with E-state index in [1.807, 2.05) is 12.3 Å². The van der Waals surface area contributed by atoms with Crippen LogP contribution in [0.1, 0.15) is 50.4 Å². The Morgan fingerprint density at radius 1 is 1.13 bits per heavy atom. The number of nitrogens with zero attached hydrogens (tertiary/aromatic N) is 6. The zero-order chi connectivity index (χ0) is 27.0. The molecule has 7 rings (SSSR count). The van der Waals surface area contributed by atoms with Crippen molar-refractivity contribution >= 4 is 34.3 Å². The van der Waals surface area contributed by atoms with Crippen molar-refractivity contribution in [1.82, 2.24) is 24.8 Å². The molecule has 3 aromatic heterocycles. The van der Waals surface area contributed by atoms with Crippen molar-refractivity contribution in [3.63, 3.8) is 0 Å². The van der Waals surface area contributed by atoms with Crippen molar-refractivity contribution in [3.05, 3.63) is 41.4 Å². The minimum absolute atomic E-state index is 0.248. The summed E-state index contributed by atoms with van der Waals surface area (Å²) < 4.78 is 13.0. The number of hydrogen-bond donors (Lipinski definition) is 0. The smallest absolute Gasteiger partial charge is 0.175 e. The summed E-state index contributed by atoms with van der Waals surface area (Å²) in [4.78, 5) is 31.6. The van der Waals surface area contributed by atoms with Gasteiger partial charge in [0, 0.05) is 68.4 Å². The van der Waals surface area contributed by atoms with Gasteiger partial charge < -0.3 is 19.2 Å². The molecule has 9 nitrogen and oxygen atoms in total. The highest BCUT2D eigenvalue weighted by Gasteiger charge is 2.61. The molecule has 0 bridgehead atoms. The molecule has 10 heteroatoms. The van der Waals surface area contributed by atoms with Crippen molar-refractivity contribution in [2.75, 3.05) is 50.9 Å². The van der Waals surface area contributed by atoms with Crippen molar-refractivity contribution in [2.45, 2.75) is 51.7 Å². The van der Waals surface area contributed by atoms with Gasteiger partial charge in [0.1, 0.15) is 17.8 Å². The third kappa shape index (κ3) is 5.19. The molecule has 0 amide bonds. The lowest BCUT2D eigenvalue weighted by Crippen LogP contribution is -2.62. The maximum atomic E-state index is 8.00. The van der Waals surface area contributed by atoms with Gasteiger partial charge in [0.05, 0.1) is 24.4 Å². The number of anilines is 1. The molecule has 1 saturated carbocycles. The molecule has 3 saturated heterocycles. The van der Waals surface area contributed by atoms with Crippen LogP contribution in [0, 0.1) is 16.7 Å². The average molecular weight is 551 g/mol. The lowest BCUT2D eigenvalue weighted by atomic mass is 9.71. The van der Waals surface area contributed by atoms with Crippen LogP contribution in [0.4, 0.5) is 5.82 Å². The van der Waals surface area contributed by atoms with Crippen molar-refractivity contribution < 1.29 is 14.3 Å². The number of thiazole rings is 1. The van der Waals surface area contributed by atoms with Crippen LogP contribution in [0.25, 0.3) is 10.3 Å². The van der Waals surface area contributed by atoms with E-state index in [0.29, 0.717) is 23.9 Å². The summed E-state index contributed by atoms with van der Waals surface area (Å²) >= 11 is 1.64. The molecule has 3 aliphatic heterocycles. The van der Waals surface area contributed by atoms with Gasteiger partial charge in [-0.05, 0) is 36.8 Å². The fraction of sp³-hybridized carbons (Fsp3) is 0.621. The Kier molecular flexibility index (Phi) is 7.39. The van der Waals surface area contributed by atoms with Gasteiger partial charge in [-0.2, -0.15) is 0 Å². The van der Waals surface area contributed by atoms with Gasteiger partial charge in [0.25, 0.3) is 0 Å². The van der Waals surface area contributed by atoms with Crippen LogP contribution in [0.2, 0.25) is 0 Å². The van der Waals surface area contributed by atoms with Crippen LogP contribution >= 0.6 is 11.3 Å². The Morgan fingerprint density at radius 2 is 1.92 bits per heavy atom. The van der Waals surface area contributed by atoms with E-state index in [0.717, 1.165) is 86.7 Å². The number of carbonyl (C=O) groups is 1. The lowest BCUT2D eigenvalue weighted by Gasteiger charge is -2.52. The zero-order valence-corrected chi connectivity index (χ0v) is 23.7. The fourth-order valence-corrected chi connectivity index (χ4v) is 7.60. The molecule has 208 valence electrons. The monoisotopic (exact) mass is 550 g/mol. The molecule has 1 spiro atoms. The zero-order valence-electron chi connectivity index (χ0n) is 22.9. The van der Waals surface area contributed by atoms with Gasteiger partial charge >= 0.3 is 0 Å². The summed E-state index contributed by atoms with van der Waals surface area (Å²) in [6.45, 7) is 14.1. The van der Waals surface area contributed by atoms with Crippen molar-refractivity contribution in [3.8, 4) is 0 Å². The molecule has 4 aliphatic rings. The molecule has 39 heavy (non-hydrogen) atoms. The van der Waals surface area contributed by atoms with E-state index in [4.69, 9.17) is 24.2 Å². The number of hydrogen-bond acceptors (Lipinski definition) is 10. The van der Waals surface area contributed by atoms with Crippen LogP contribution < -0.4 is 4.90 Å². The first-order valence-electron chi connectivity index (χ1n) is 13.9. The van der Waals surface area contributed by atoms with Gasteiger partial charge in [-0.15, -0.1) is 11.3 Å². The summed E-state index contributed by atoms with van der Waals surface area (Å²) in [5, 5.41) is 0. The highest BCUT2D eigenvalue weighted by molar-refractivity contribution is 7.17. The van der Waals surface area contributed by atoms with Crippen LogP contribution in [-0.2, 0) is 20.9 Å². The van der Waals surface area contributed by atoms with E-state index in [1.165, 1.54) is 12.1 Å². The first-order valence-corrected chi connectivity index (χ1v) is 14.8. The van der Waals surface area contributed by atoms with Crippen molar-refractivity contribution in [1.29, 1.82) is 0 Å². The van der Waals surface area contributed by atoms with E-state index < -0.39 is 0 Å². The second-order valence-corrected chi connectivity index (χ2v) is 13.1. The normalized spacial score (nSPS) is 25.8. The molecule has 4 fully saturated rings. The Labute approximate surface area is 234 Å². The number of likely N-dealkylation sites (tertiary alicyclic amines) is 1. The summed E-state index contributed by atoms with van der Waals surface area (Å²) in [7, 11) is 0. The Morgan fingerprint density at radius 3 is 2.69 bits per heavy atom. The molecular formula is C29H38N6O3S. The highest BCUT2D eigenvalue weighted by Crippen LogP contribution is 2.55. The van der Waals surface area contributed by atoms with Crippen LogP contribution in [0.3, 0.4) is 0 Å².